The van der Waals surface area contributed by atoms with Gasteiger partial charge in [-0.15, -0.1) is 0 Å². The van der Waals surface area contributed by atoms with Crippen LogP contribution in [0.3, 0.4) is 0 Å². The van der Waals surface area contributed by atoms with E-state index in [0.29, 0.717) is 0 Å². The topological polar surface area (TPSA) is 12.0 Å². The van der Waals surface area contributed by atoms with Gasteiger partial charge in [0.15, 0.2) is 0 Å². The maximum atomic E-state index is 6.40. The van der Waals surface area contributed by atoms with E-state index in [1.807, 2.05) is 18.2 Å². The van der Waals surface area contributed by atoms with Crippen LogP contribution in [-0.4, -0.2) is 6.54 Å². The van der Waals surface area contributed by atoms with Crippen LogP contribution in [0.15, 0.2) is 42.5 Å². The molecule has 20 heavy (non-hydrogen) atoms. The van der Waals surface area contributed by atoms with E-state index in [0.717, 1.165) is 23.6 Å². The summed E-state index contributed by atoms with van der Waals surface area (Å²) >= 11 is 8.82. The lowest BCUT2D eigenvalue weighted by molar-refractivity contribution is 0.596. The largest absolute Gasteiger partial charge is 0.306 e. The molecule has 0 aliphatic carbocycles. The molecule has 0 aromatic heterocycles. The van der Waals surface area contributed by atoms with Crippen LogP contribution < -0.4 is 5.32 Å². The van der Waals surface area contributed by atoms with Crippen LogP contribution in [0.4, 0.5) is 0 Å². The molecule has 0 fully saturated rings. The van der Waals surface area contributed by atoms with Crippen LogP contribution in [0.1, 0.15) is 36.1 Å². The predicted octanol–water partition coefficient (Wildman–Crippen LogP) is 5.34. The third-order valence-electron chi connectivity index (χ3n) is 3.35. The molecule has 0 saturated carbocycles. The number of nitrogens with one attached hydrogen (secondary N) is 1. The molecule has 0 heterocycles. The van der Waals surface area contributed by atoms with Crippen molar-refractivity contribution in [3.05, 3.63) is 67.7 Å². The van der Waals surface area contributed by atoms with Crippen molar-refractivity contribution in [1.29, 1.82) is 0 Å². The summed E-state index contributed by atoms with van der Waals surface area (Å²) in [6.45, 7) is 5.30. The molecule has 1 nitrogen and oxygen atoms in total. The predicted molar refractivity (Wildman–Crippen MR) is 95.5 cm³/mol. The van der Waals surface area contributed by atoms with Gasteiger partial charge in [-0.25, -0.2) is 0 Å². The van der Waals surface area contributed by atoms with E-state index >= 15 is 0 Å². The third kappa shape index (κ3) is 3.54. The first-order chi connectivity index (χ1) is 9.65. The minimum absolute atomic E-state index is 0.149. The Balaban J connectivity index is 2.47. The summed E-state index contributed by atoms with van der Waals surface area (Å²) in [5.41, 5.74) is 3.75. The Bertz CT molecular complexity index is 583. The van der Waals surface area contributed by atoms with Gasteiger partial charge in [0.2, 0.25) is 0 Å². The highest BCUT2D eigenvalue weighted by Gasteiger charge is 2.18. The first-order valence-corrected chi connectivity index (χ1v) is 8.33. The molecule has 2 aromatic carbocycles. The van der Waals surface area contributed by atoms with Gasteiger partial charge in [-0.3, -0.25) is 0 Å². The smallest absolute Gasteiger partial charge is 0.0602 e. The Hall–Kier alpha value is -0.580. The first-order valence-electron chi connectivity index (χ1n) is 6.88. The minimum atomic E-state index is 0.149. The van der Waals surface area contributed by atoms with Gasteiger partial charge in [-0.05, 0) is 65.2 Å². The number of rotatable bonds is 5. The monoisotopic (exact) mass is 399 g/mol. The second kappa shape index (κ2) is 7.43. The van der Waals surface area contributed by atoms with Crippen LogP contribution in [0, 0.1) is 10.5 Å². The second-order valence-corrected chi connectivity index (χ2v) is 6.37. The van der Waals surface area contributed by atoms with Crippen LogP contribution in [0.25, 0.3) is 0 Å². The maximum absolute atomic E-state index is 6.40. The molecule has 1 atom stereocenters. The summed E-state index contributed by atoms with van der Waals surface area (Å²) in [4.78, 5) is 0. The summed E-state index contributed by atoms with van der Waals surface area (Å²) < 4.78 is 1.30. The number of aryl methyl sites for hydroxylation is 1. The van der Waals surface area contributed by atoms with E-state index in [2.05, 4.69) is 66.0 Å². The van der Waals surface area contributed by atoms with Crippen molar-refractivity contribution in [3.8, 4) is 0 Å². The zero-order valence-corrected chi connectivity index (χ0v) is 14.7. The van der Waals surface area contributed by atoms with E-state index in [4.69, 9.17) is 11.6 Å². The highest BCUT2D eigenvalue weighted by atomic mass is 127. The Morgan fingerprint density at radius 3 is 2.50 bits per heavy atom. The van der Waals surface area contributed by atoms with Gasteiger partial charge in [0.05, 0.1) is 6.04 Å². The number of hydrogen-bond donors (Lipinski definition) is 1. The number of benzene rings is 2. The number of halogens is 2. The molecule has 1 N–H and O–H groups in total. The van der Waals surface area contributed by atoms with Crippen molar-refractivity contribution in [2.75, 3.05) is 6.54 Å². The standard InChI is InChI=1S/C17H19ClIN/c1-3-11-20-17(13-8-4-5-10-15(13)18)14-9-6-7-12(2)16(14)19/h4-10,17,20H,3,11H2,1-2H3. The van der Waals surface area contributed by atoms with Gasteiger partial charge in [-0.1, -0.05) is 54.9 Å². The molecule has 2 aromatic rings. The van der Waals surface area contributed by atoms with Crippen molar-refractivity contribution < 1.29 is 0 Å². The molecule has 0 amide bonds. The third-order valence-corrected chi connectivity index (χ3v) is 5.17. The molecule has 1 unspecified atom stereocenters. The zero-order chi connectivity index (χ0) is 14.5. The molecule has 0 aliphatic heterocycles. The Morgan fingerprint density at radius 1 is 1.10 bits per heavy atom. The van der Waals surface area contributed by atoms with Gasteiger partial charge in [0.1, 0.15) is 0 Å². The lowest BCUT2D eigenvalue weighted by Gasteiger charge is -2.22. The quantitative estimate of drug-likeness (QED) is 0.669. The summed E-state index contributed by atoms with van der Waals surface area (Å²) in [5, 5.41) is 4.44. The fourth-order valence-electron chi connectivity index (χ4n) is 2.28. The van der Waals surface area contributed by atoms with Gasteiger partial charge in [0.25, 0.3) is 0 Å². The first kappa shape index (κ1) is 15.8. The normalized spacial score (nSPS) is 12.4. The second-order valence-electron chi connectivity index (χ2n) is 4.89. The fourth-order valence-corrected chi connectivity index (χ4v) is 3.19. The summed E-state index contributed by atoms with van der Waals surface area (Å²) in [6.07, 6.45) is 1.10. The summed E-state index contributed by atoms with van der Waals surface area (Å²) in [5.74, 6) is 0. The van der Waals surface area contributed by atoms with Crippen molar-refractivity contribution in [2.24, 2.45) is 0 Å². The van der Waals surface area contributed by atoms with Crippen molar-refractivity contribution >= 4 is 34.2 Å². The van der Waals surface area contributed by atoms with Crippen molar-refractivity contribution in [2.45, 2.75) is 26.3 Å². The van der Waals surface area contributed by atoms with E-state index in [1.165, 1.54) is 14.7 Å². The lowest BCUT2D eigenvalue weighted by atomic mass is 9.97. The van der Waals surface area contributed by atoms with E-state index < -0.39 is 0 Å². The average molecular weight is 400 g/mol. The van der Waals surface area contributed by atoms with Gasteiger partial charge >= 0.3 is 0 Å². The minimum Gasteiger partial charge on any atom is -0.306 e. The van der Waals surface area contributed by atoms with Gasteiger partial charge < -0.3 is 5.32 Å². The highest BCUT2D eigenvalue weighted by Crippen LogP contribution is 2.31. The molecule has 0 saturated heterocycles. The van der Waals surface area contributed by atoms with E-state index in [9.17, 15) is 0 Å². The molecule has 3 heteroatoms. The Kier molecular flexibility index (Phi) is 5.87. The zero-order valence-electron chi connectivity index (χ0n) is 11.8. The fraction of sp³-hybridized carbons (Fsp3) is 0.294. The van der Waals surface area contributed by atoms with Crippen LogP contribution in [0.2, 0.25) is 5.02 Å². The van der Waals surface area contributed by atoms with E-state index in [-0.39, 0.29) is 6.04 Å². The van der Waals surface area contributed by atoms with Crippen molar-refractivity contribution in [1.82, 2.24) is 5.32 Å². The number of hydrogen-bond acceptors (Lipinski definition) is 1. The molecule has 2 rings (SSSR count). The average Bonchev–Trinajstić information content (AvgIpc) is 2.45. The molecule has 0 aliphatic rings. The van der Waals surface area contributed by atoms with Crippen LogP contribution in [-0.2, 0) is 0 Å². The Labute approximate surface area is 139 Å². The molecule has 0 spiro atoms. The van der Waals surface area contributed by atoms with E-state index in [1.54, 1.807) is 0 Å². The Morgan fingerprint density at radius 2 is 1.80 bits per heavy atom. The summed E-state index contributed by atoms with van der Waals surface area (Å²) in [7, 11) is 0. The van der Waals surface area contributed by atoms with Crippen molar-refractivity contribution in [3.63, 3.8) is 0 Å². The lowest BCUT2D eigenvalue weighted by Crippen LogP contribution is -2.24. The molecule has 106 valence electrons. The maximum Gasteiger partial charge on any atom is 0.0602 e. The van der Waals surface area contributed by atoms with Crippen LogP contribution in [0.5, 0.6) is 0 Å². The SMILES string of the molecule is CCCNC(c1ccccc1Cl)c1cccc(C)c1I. The molecular formula is C17H19ClIN. The molecule has 0 radical (unpaired) electrons. The molecular weight excluding hydrogens is 381 g/mol. The van der Waals surface area contributed by atoms with Gasteiger partial charge in [-0.2, -0.15) is 0 Å². The molecule has 0 bridgehead atoms. The summed E-state index contributed by atoms with van der Waals surface area (Å²) in [6, 6.07) is 14.7. The highest BCUT2D eigenvalue weighted by molar-refractivity contribution is 14.1. The van der Waals surface area contributed by atoms with Gasteiger partial charge in [0, 0.05) is 8.59 Å². The van der Waals surface area contributed by atoms with Crippen LogP contribution >= 0.6 is 34.2 Å².